The van der Waals surface area contributed by atoms with Crippen molar-refractivity contribution in [2.45, 2.75) is 59.0 Å². The number of hydrogen-bond acceptors (Lipinski definition) is 7. The molecule has 3 unspecified atom stereocenters. The Morgan fingerprint density at radius 2 is 1.91 bits per heavy atom. The Morgan fingerprint density at radius 1 is 1.24 bits per heavy atom. The first-order valence-electron chi connectivity index (χ1n) is 11.8. The van der Waals surface area contributed by atoms with Crippen LogP contribution in [0.15, 0.2) is 11.6 Å². The van der Waals surface area contributed by atoms with E-state index in [1.807, 2.05) is 25.9 Å². The van der Waals surface area contributed by atoms with Gasteiger partial charge in [-0.15, -0.1) is 12.4 Å². The average Bonchev–Trinajstić information content (AvgIpc) is 2.73. The van der Waals surface area contributed by atoms with Crippen LogP contribution >= 0.6 is 12.4 Å². The summed E-state index contributed by atoms with van der Waals surface area (Å²) in [6.07, 6.45) is 3.84. The molecule has 0 saturated heterocycles. The molecule has 3 rings (SSSR count). The van der Waals surface area contributed by atoms with Crippen LogP contribution in [0.4, 0.5) is 0 Å². The van der Waals surface area contributed by atoms with Gasteiger partial charge in [-0.1, -0.05) is 19.4 Å². The fourth-order valence-corrected chi connectivity index (χ4v) is 6.84. The van der Waals surface area contributed by atoms with Crippen molar-refractivity contribution < 1.29 is 29.0 Å². The van der Waals surface area contributed by atoms with E-state index < -0.39 is 17.5 Å². The number of rotatable bonds is 5. The highest BCUT2D eigenvalue weighted by molar-refractivity contribution is 5.87. The Hall–Kier alpha value is -1.44. The Kier molecular flexibility index (Phi) is 8.80. The highest BCUT2D eigenvalue weighted by atomic mass is 35.5. The maximum atomic E-state index is 13.4. The zero-order chi connectivity index (χ0) is 23.8. The van der Waals surface area contributed by atoms with Crippen molar-refractivity contribution in [3.05, 3.63) is 11.6 Å². The van der Waals surface area contributed by atoms with E-state index in [1.54, 1.807) is 13.0 Å². The van der Waals surface area contributed by atoms with Gasteiger partial charge in [0, 0.05) is 25.0 Å². The van der Waals surface area contributed by atoms with E-state index >= 15 is 0 Å². The van der Waals surface area contributed by atoms with Crippen LogP contribution in [-0.2, 0) is 23.9 Å². The molecule has 0 bridgehead atoms. The average molecular weight is 486 g/mol. The molecule has 1 N–H and O–H groups in total. The normalized spacial score (nSPS) is 39.3. The molecule has 3 aliphatic carbocycles. The molecule has 3 aliphatic rings. The van der Waals surface area contributed by atoms with Gasteiger partial charge in [-0.2, -0.15) is 0 Å². The minimum absolute atomic E-state index is 0. The monoisotopic (exact) mass is 485 g/mol. The number of likely N-dealkylation sites (N-methyl/N-ethyl adjacent to an activating group) is 1. The molecule has 0 radical (unpaired) electrons. The molecular formula is C25H40ClNO6. The number of ketones is 1. The predicted octanol–water partition coefficient (Wildman–Crippen LogP) is 3.03. The number of nitrogens with zero attached hydrogens (tertiary/aromatic N) is 1. The standard InChI is InChI=1S/C25H39NO6.ClH/c1-15-16(13-21(29)32-12-11-26(4)5)7-8-17-22(15)18(27)14-19-24(17,2)10-9-20(28)25(19,3)23(30)31-6;/h13,15,17,19-20,22,28H,7-12,14H2,1-6H3;1H/b16-13+;/t15-,17?,19?,20-,22?,24+,25+;/m0./s1. The van der Waals surface area contributed by atoms with Gasteiger partial charge in [0.15, 0.2) is 0 Å². The zero-order valence-electron chi connectivity index (χ0n) is 20.8. The molecule has 8 heteroatoms. The van der Waals surface area contributed by atoms with Crippen LogP contribution in [0.5, 0.6) is 0 Å². The van der Waals surface area contributed by atoms with Crippen LogP contribution in [0.25, 0.3) is 0 Å². The van der Waals surface area contributed by atoms with Crippen molar-refractivity contribution in [1.29, 1.82) is 0 Å². The van der Waals surface area contributed by atoms with Gasteiger partial charge < -0.3 is 19.5 Å². The largest absolute Gasteiger partial charge is 0.469 e. The van der Waals surface area contributed by atoms with Crippen LogP contribution in [0.3, 0.4) is 0 Å². The third-order valence-corrected chi connectivity index (χ3v) is 8.81. The topological polar surface area (TPSA) is 93.1 Å². The number of fused-ring (bicyclic) bond motifs is 3. The van der Waals surface area contributed by atoms with Crippen LogP contribution < -0.4 is 0 Å². The van der Waals surface area contributed by atoms with Crippen molar-refractivity contribution in [3.8, 4) is 0 Å². The molecule has 33 heavy (non-hydrogen) atoms. The Labute approximate surface area is 203 Å². The Bertz CT molecular complexity index is 798. The second kappa shape index (κ2) is 10.4. The zero-order valence-corrected chi connectivity index (χ0v) is 21.6. The lowest BCUT2D eigenvalue weighted by Crippen LogP contribution is -2.63. The molecule has 0 spiro atoms. The maximum absolute atomic E-state index is 13.4. The number of esters is 2. The quantitative estimate of drug-likeness (QED) is 0.472. The highest BCUT2D eigenvalue weighted by Gasteiger charge is 2.65. The number of methoxy groups -OCH3 is 1. The lowest BCUT2D eigenvalue weighted by Gasteiger charge is -2.61. The van der Waals surface area contributed by atoms with E-state index in [-0.39, 0.29) is 59.7 Å². The fraction of sp³-hybridized carbons (Fsp3) is 0.800. The van der Waals surface area contributed by atoms with Crippen molar-refractivity contribution in [1.82, 2.24) is 4.90 Å². The first-order chi connectivity index (χ1) is 15.0. The fourth-order valence-electron chi connectivity index (χ4n) is 6.84. The van der Waals surface area contributed by atoms with E-state index in [0.717, 1.165) is 24.8 Å². The smallest absolute Gasteiger partial charge is 0.330 e. The maximum Gasteiger partial charge on any atom is 0.330 e. The summed E-state index contributed by atoms with van der Waals surface area (Å²) in [5.41, 5.74) is -0.354. The Morgan fingerprint density at radius 3 is 2.52 bits per heavy atom. The molecule has 0 aromatic heterocycles. The molecule has 0 heterocycles. The Balaban J connectivity index is 0.00000385. The van der Waals surface area contributed by atoms with Crippen LogP contribution in [0, 0.1) is 34.5 Å². The number of halogens is 1. The third kappa shape index (κ3) is 4.87. The second-order valence-corrected chi connectivity index (χ2v) is 10.7. The first kappa shape index (κ1) is 27.8. The summed E-state index contributed by atoms with van der Waals surface area (Å²) >= 11 is 0. The van der Waals surface area contributed by atoms with Gasteiger partial charge in [-0.3, -0.25) is 9.59 Å². The summed E-state index contributed by atoms with van der Waals surface area (Å²) in [4.78, 5) is 40.5. The van der Waals surface area contributed by atoms with Gasteiger partial charge in [-0.05, 0) is 69.9 Å². The molecular weight excluding hydrogens is 446 g/mol. The van der Waals surface area contributed by atoms with E-state index in [1.165, 1.54) is 7.11 Å². The molecule has 3 fully saturated rings. The summed E-state index contributed by atoms with van der Waals surface area (Å²) in [5, 5.41) is 10.8. The first-order valence-corrected chi connectivity index (χ1v) is 11.8. The summed E-state index contributed by atoms with van der Waals surface area (Å²) in [6.45, 7) is 6.99. The highest BCUT2D eigenvalue weighted by Crippen LogP contribution is 2.64. The van der Waals surface area contributed by atoms with Gasteiger partial charge in [0.05, 0.1) is 18.6 Å². The molecule has 0 aromatic carbocycles. The number of aliphatic hydroxyl groups is 1. The summed E-state index contributed by atoms with van der Waals surface area (Å²) in [6, 6.07) is 0. The van der Waals surface area contributed by atoms with Gasteiger partial charge >= 0.3 is 11.9 Å². The number of ether oxygens (including phenoxy) is 2. The van der Waals surface area contributed by atoms with Crippen LogP contribution in [-0.4, -0.2) is 68.2 Å². The molecule has 7 atom stereocenters. The number of hydrogen-bond donors (Lipinski definition) is 1. The summed E-state index contributed by atoms with van der Waals surface area (Å²) in [7, 11) is 5.19. The molecule has 0 aromatic rings. The van der Waals surface area contributed by atoms with Crippen molar-refractivity contribution in [2.75, 3.05) is 34.4 Å². The van der Waals surface area contributed by atoms with E-state index in [9.17, 15) is 19.5 Å². The van der Waals surface area contributed by atoms with Gasteiger partial charge in [0.2, 0.25) is 0 Å². The lowest BCUT2D eigenvalue weighted by molar-refractivity contribution is -0.197. The molecule has 7 nitrogen and oxygen atoms in total. The minimum atomic E-state index is -1.09. The molecule has 3 saturated carbocycles. The van der Waals surface area contributed by atoms with E-state index in [2.05, 4.69) is 6.92 Å². The minimum Gasteiger partial charge on any atom is -0.469 e. The van der Waals surface area contributed by atoms with E-state index in [4.69, 9.17) is 9.47 Å². The molecule has 188 valence electrons. The van der Waals surface area contributed by atoms with Crippen molar-refractivity contribution in [3.63, 3.8) is 0 Å². The van der Waals surface area contributed by atoms with Crippen LogP contribution in [0.1, 0.15) is 52.9 Å². The lowest BCUT2D eigenvalue weighted by atomic mass is 9.42. The van der Waals surface area contributed by atoms with E-state index in [0.29, 0.717) is 19.6 Å². The van der Waals surface area contributed by atoms with Crippen molar-refractivity contribution >= 4 is 30.1 Å². The second-order valence-electron chi connectivity index (χ2n) is 10.7. The number of carbonyl (C=O) groups excluding carboxylic acids is 3. The number of carbonyl (C=O) groups is 3. The van der Waals surface area contributed by atoms with Crippen LogP contribution in [0.2, 0.25) is 0 Å². The predicted molar refractivity (Wildman–Crippen MR) is 127 cm³/mol. The van der Waals surface area contributed by atoms with Gasteiger partial charge in [-0.25, -0.2) is 4.79 Å². The number of allylic oxidation sites excluding steroid dienone is 1. The molecule has 0 amide bonds. The third-order valence-electron chi connectivity index (χ3n) is 8.81. The van der Waals surface area contributed by atoms with Gasteiger partial charge in [0.1, 0.15) is 12.4 Å². The number of Topliss-reactive ketones (excluding diaryl/α,β-unsaturated/α-hetero) is 1. The summed E-state index contributed by atoms with van der Waals surface area (Å²) in [5.74, 6) is -1.02. The number of aliphatic hydroxyl groups excluding tert-OH is 1. The summed E-state index contributed by atoms with van der Waals surface area (Å²) < 4.78 is 10.4. The van der Waals surface area contributed by atoms with Gasteiger partial charge in [0.25, 0.3) is 0 Å². The van der Waals surface area contributed by atoms with Crippen molar-refractivity contribution in [2.24, 2.45) is 34.5 Å². The molecule has 0 aliphatic heterocycles. The SMILES string of the molecule is COC(=O)[C@]1(C)C2CC(=O)C3C(CC/C(=C\C(=O)OCCN(C)C)[C@@H]3C)[C@@]2(C)CC[C@@H]1O.Cl.